The SMILES string of the molecule is CNC(c1ccc(F)c(Br)c1)C1Cc2ccccc21. The second-order valence-corrected chi connectivity index (χ2v) is 5.80. The molecule has 0 fully saturated rings. The van der Waals surface area contributed by atoms with Gasteiger partial charge in [0.25, 0.3) is 0 Å². The van der Waals surface area contributed by atoms with Crippen LogP contribution < -0.4 is 5.32 Å². The monoisotopic (exact) mass is 319 g/mol. The lowest BCUT2D eigenvalue weighted by molar-refractivity contribution is 0.438. The van der Waals surface area contributed by atoms with Crippen molar-refractivity contribution in [3.8, 4) is 0 Å². The molecule has 2 atom stereocenters. The number of hydrogen-bond donors (Lipinski definition) is 1. The maximum absolute atomic E-state index is 13.3. The summed E-state index contributed by atoms with van der Waals surface area (Å²) in [5.41, 5.74) is 3.95. The van der Waals surface area contributed by atoms with Crippen LogP contribution in [0.5, 0.6) is 0 Å². The van der Waals surface area contributed by atoms with Crippen LogP contribution in [0.25, 0.3) is 0 Å². The Labute approximate surface area is 121 Å². The first-order valence-electron chi connectivity index (χ1n) is 6.40. The van der Waals surface area contributed by atoms with E-state index in [9.17, 15) is 4.39 Å². The molecule has 0 radical (unpaired) electrons. The van der Waals surface area contributed by atoms with Gasteiger partial charge in [-0.1, -0.05) is 30.3 Å². The summed E-state index contributed by atoms with van der Waals surface area (Å²) >= 11 is 3.26. The van der Waals surface area contributed by atoms with Crippen LogP contribution in [0.15, 0.2) is 46.9 Å². The van der Waals surface area contributed by atoms with Crippen LogP contribution in [-0.2, 0) is 6.42 Å². The fourth-order valence-corrected chi connectivity index (χ4v) is 3.30. The van der Waals surface area contributed by atoms with E-state index >= 15 is 0 Å². The van der Waals surface area contributed by atoms with E-state index in [1.54, 1.807) is 0 Å². The standard InChI is InChI=1S/C16H15BrFN/c1-19-16(11-6-7-15(18)14(17)9-11)13-8-10-4-2-3-5-12(10)13/h2-7,9,13,16,19H,8H2,1H3. The van der Waals surface area contributed by atoms with E-state index in [0.29, 0.717) is 10.4 Å². The Kier molecular flexibility index (Phi) is 3.42. The van der Waals surface area contributed by atoms with Crippen molar-refractivity contribution in [1.29, 1.82) is 0 Å². The van der Waals surface area contributed by atoms with Gasteiger partial charge in [-0.3, -0.25) is 0 Å². The fourth-order valence-electron chi connectivity index (χ4n) is 2.90. The normalized spacial score (nSPS) is 18.6. The Morgan fingerprint density at radius 2 is 2.05 bits per heavy atom. The van der Waals surface area contributed by atoms with Gasteiger partial charge in [-0.25, -0.2) is 4.39 Å². The molecule has 2 unspecified atom stereocenters. The molecule has 0 aliphatic heterocycles. The minimum atomic E-state index is -0.215. The van der Waals surface area contributed by atoms with Crippen molar-refractivity contribution < 1.29 is 4.39 Å². The zero-order chi connectivity index (χ0) is 13.4. The third kappa shape index (κ3) is 2.21. The molecule has 2 aromatic carbocycles. The Hall–Kier alpha value is -1.19. The summed E-state index contributed by atoms with van der Waals surface area (Å²) in [6.07, 6.45) is 1.08. The van der Waals surface area contributed by atoms with Crippen molar-refractivity contribution in [1.82, 2.24) is 5.32 Å². The van der Waals surface area contributed by atoms with Crippen molar-refractivity contribution in [2.45, 2.75) is 18.4 Å². The Balaban J connectivity index is 1.92. The number of benzene rings is 2. The van der Waals surface area contributed by atoms with E-state index in [-0.39, 0.29) is 11.9 Å². The van der Waals surface area contributed by atoms with Gasteiger partial charge in [0, 0.05) is 12.0 Å². The van der Waals surface area contributed by atoms with Crippen LogP contribution in [0.1, 0.15) is 28.7 Å². The van der Waals surface area contributed by atoms with Gasteiger partial charge in [0.1, 0.15) is 5.82 Å². The molecule has 0 aromatic heterocycles. The molecule has 3 heteroatoms. The predicted octanol–water partition coefficient (Wildman–Crippen LogP) is 4.19. The predicted molar refractivity (Wildman–Crippen MR) is 78.8 cm³/mol. The average molecular weight is 320 g/mol. The van der Waals surface area contributed by atoms with E-state index in [0.717, 1.165) is 12.0 Å². The molecule has 0 saturated carbocycles. The summed E-state index contributed by atoms with van der Waals surface area (Å²) in [7, 11) is 1.96. The molecule has 0 heterocycles. The van der Waals surface area contributed by atoms with Crippen LogP contribution in [0.4, 0.5) is 4.39 Å². The molecule has 2 aromatic rings. The minimum absolute atomic E-state index is 0.215. The van der Waals surface area contributed by atoms with Gasteiger partial charge in [0.15, 0.2) is 0 Å². The van der Waals surface area contributed by atoms with Gasteiger partial charge in [0.05, 0.1) is 4.47 Å². The molecule has 1 N–H and O–H groups in total. The van der Waals surface area contributed by atoms with E-state index in [2.05, 4.69) is 45.5 Å². The molecule has 0 bridgehead atoms. The van der Waals surface area contributed by atoms with Crippen LogP contribution in [0.2, 0.25) is 0 Å². The molecule has 1 nitrogen and oxygen atoms in total. The van der Waals surface area contributed by atoms with Gasteiger partial charge in [0.2, 0.25) is 0 Å². The summed E-state index contributed by atoms with van der Waals surface area (Å²) in [5.74, 6) is 0.256. The zero-order valence-electron chi connectivity index (χ0n) is 10.7. The number of fused-ring (bicyclic) bond motifs is 1. The summed E-state index contributed by atoms with van der Waals surface area (Å²) < 4.78 is 13.9. The maximum atomic E-state index is 13.3. The minimum Gasteiger partial charge on any atom is -0.312 e. The second kappa shape index (κ2) is 5.06. The summed E-state index contributed by atoms with van der Waals surface area (Å²) in [6.45, 7) is 0. The van der Waals surface area contributed by atoms with Gasteiger partial charge in [-0.05, 0) is 58.2 Å². The number of nitrogens with one attached hydrogen (secondary N) is 1. The number of hydrogen-bond acceptors (Lipinski definition) is 1. The van der Waals surface area contributed by atoms with Crippen molar-refractivity contribution >= 4 is 15.9 Å². The molecule has 1 aliphatic carbocycles. The molecule has 0 spiro atoms. The zero-order valence-corrected chi connectivity index (χ0v) is 12.2. The molecule has 98 valence electrons. The molecule has 0 amide bonds. The molecule has 3 rings (SSSR count). The Morgan fingerprint density at radius 3 is 2.74 bits per heavy atom. The number of likely N-dealkylation sites (N-methyl/N-ethyl adjacent to an activating group) is 1. The van der Waals surface area contributed by atoms with Crippen molar-refractivity contribution in [2.24, 2.45) is 0 Å². The van der Waals surface area contributed by atoms with Crippen LogP contribution >= 0.6 is 15.9 Å². The highest BCUT2D eigenvalue weighted by Gasteiger charge is 2.32. The van der Waals surface area contributed by atoms with Crippen LogP contribution in [0, 0.1) is 5.82 Å². The molecular formula is C16H15BrFN. The summed E-state index contributed by atoms with van der Waals surface area (Å²) in [5, 5.41) is 3.36. The second-order valence-electron chi connectivity index (χ2n) is 4.95. The number of halogens is 2. The van der Waals surface area contributed by atoms with E-state index in [1.807, 2.05) is 19.2 Å². The first kappa shape index (κ1) is 12.8. The van der Waals surface area contributed by atoms with E-state index in [4.69, 9.17) is 0 Å². The van der Waals surface area contributed by atoms with Gasteiger partial charge < -0.3 is 5.32 Å². The topological polar surface area (TPSA) is 12.0 Å². The molecule has 1 aliphatic rings. The van der Waals surface area contributed by atoms with Crippen molar-refractivity contribution in [2.75, 3.05) is 7.05 Å². The molecular weight excluding hydrogens is 305 g/mol. The third-order valence-electron chi connectivity index (χ3n) is 3.91. The quantitative estimate of drug-likeness (QED) is 0.894. The van der Waals surface area contributed by atoms with Crippen LogP contribution in [-0.4, -0.2) is 7.05 Å². The van der Waals surface area contributed by atoms with Gasteiger partial charge in [-0.15, -0.1) is 0 Å². The fraction of sp³-hybridized carbons (Fsp3) is 0.250. The Morgan fingerprint density at radius 1 is 1.26 bits per heavy atom. The first-order chi connectivity index (χ1) is 9.20. The maximum Gasteiger partial charge on any atom is 0.137 e. The average Bonchev–Trinajstić information content (AvgIpc) is 2.39. The highest BCUT2D eigenvalue weighted by Crippen LogP contribution is 2.43. The highest BCUT2D eigenvalue weighted by molar-refractivity contribution is 9.10. The smallest absolute Gasteiger partial charge is 0.137 e. The van der Waals surface area contributed by atoms with Gasteiger partial charge >= 0.3 is 0 Å². The largest absolute Gasteiger partial charge is 0.312 e. The van der Waals surface area contributed by atoms with Gasteiger partial charge in [-0.2, -0.15) is 0 Å². The lowest BCUT2D eigenvalue weighted by Crippen LogP contribution is -2.31. The van der Waals surface area contributed by atoms with Crippen molar-refractivity contribution in [3.05, 3.63) is 69.4 Å². The summed E-state index contributed by atoms with van der Waals surface area (Å²) in [6, 6.07) is 14.0. The number of rotatable bonds is 3. The molecule has 19 heavy (non-hydrogen) atoms. The molecule has 0 saturated heterocycles. The lowest BCUT2D eigenvalue weighted by Gasteiger charge is -2.36. The van der Waals surface area contributed by atoms with Crippen LogP contribution in [0.3, 0.4) is 0 Å². The third-order valence-corrected chi connectivity index (χ3v) is 4.52. The first-order valence-corrected chi connectivity index (χ1v) is 7.20. The Bertz CT molecular complexity index is 611. The summed E-state index contributed by atoms with van der Waals surface area (Å²) in [4.78, 5) is 0. The van der Waals surface area contributed by atoms with Crippen molar-refractivity contribution in [3.63, 3.8) is 0 Å². The lowest BCUT2D eigenvalue weighted by atomic mass is 9.72. The highest BCUT2D eigenvalue weighted by atomic mass is 79.9. The van der Waals surface area contributed by atoms with E-state index in [1.165, 1.54) is 17.2 Å². The van der Waals surface area contributed by atoms with E-state index < -0.39 is 0 Å².